The van der Waals surface area contributed by atoms with Crippen LogP contribution in [-0.2, 0) is 6.42 Å². The Labute approximate surface area is 124 Å². The van der Waals surface area contributed by atoms with Gasteiger partial charge < -0.3 is 10.1 Å². The fourth-order valence-corrected chi connectivity index (χ4v) is 2.12. The minimum Gasteiger partial charge on any atom is -0.495 e. The van der Waals surface area contributed by atoms with Gasteiger partial charge in [0.1, 0.15) is 17.4 Å². The molecule has 1 heterocycles. The fraction of sp³-hybridized carbons (Fsp3) is 0.333. The molecule has 20 heavy (non-hydrogen) atoms. The first kappa shape index (κ1) is 14.6. The lowest BCUT2D eigenvalue weighted by Crippen LogP contribution is -2.01. The summed E-state index contributed by atoms with van der Waals surface area (Å²) in [6.07, 6.45) is 1.86. The summed E-state index contributed by atoms with van der Waals surface area (Å²) < 4.78 is 5.25. The Morgan fingerprint density at radius 2 is 2.05 bits per heavy atom. The van der Waals surface area contributed by atoms with Gasteiger partial charge in [0.25, 0.3) is 0 Å². The predicted octanol–water partition coefficient (Wildman–Crippen LogP) is 3.80. The highest BCUT2D eigenvalue weighted by molar-refractivity contribution is 6.32. The quantitative estimate of drug-likeness (QED) is 0.910. The average molecular weight is 292 g/mol. The molecule has 2 rings (SSSR count). The third kappa shape index (κ3) is 3.20. The summed E-state index contributed by atoms with van der Waals surface area (Å²) in [6.45, 7) is 2.11. The zero-order valence-electron chi connectivity index (χ0n) is 11.9. The molecule has 0 saturated carbocycles. The molecule has 0 aliphatic heterocycles. The SMILES string of the molecule is CCCc1nc(NC)cc(-c2ccc(Cl)c(OC)c2)n1. The number of benzene rings is 1. The maximum absolute atomic E-state index is 6.05. The van der Waals surface area contributed by atoms with Gasteiger partial charge in [-0.2, -0.15) is 0 Å². The zero-order chi connectivity index (χ0) is 14.5. The molecule has 0 atom stereocenters. The van der Waals surface area contributed by atoms with E-state index in [1.165, 1.54) is 0 Å². The van der Waals surface area contributed by atoms with E-state index in [4.69, 9.17) is 16.3 Å². The van der Waals surface area contributed by atoms with Gasteiger partial charge in [0.2, 0.25) is 0 Å². The van der Waals surface area contributed by atoms with E-state index in [0.29, 0.717) is 10.8 Å². The zero-order valence-corrected chi connectivity index (χ0v) is 12.7. The number of ether oxygens (including phenoxy) is 1. The van der Waals surface area contributed by atoms with Crippen molar-refractivity contribution < 1.29 is 4.74 Å². The van der Waals surface area contributed by atoms with Gasteiger partial charge in [-0.15, -0.1) is 0 Å². The lowest BCUT2D eigenvalue weighted by molar-refractivity contribution is 0.415. The summed E-state index contributed by atoms with van der Waals surface area (Å²) in [5, 5.41) is 3.66. The van der Waals surface area contributed by atoms with Gasteiger partial charge in [0, 0.05) is 25.1 Å². The van der Waals surface area contributed by atoms with E-state index >= 15 is 0 Å². The van der Waals surface area contributed by atoms with Crippen molar-refractivity contribution in [3.05, 3.63) is 35.1 Å². The maximum Gasteiger partial charge on any atom is 0.138 e. The lowest BCUT2D eigenvalue weighted by Gasteiger charge is -2.09. The normalized spacial score (nSPS) is 10.4. The van der Waals surface area contributed by atoms with Crippen molar-refractivity contribution in [3.63, 3.8) is 0 Å². The number of hydrogen-bond acceptors (Lipinski definition) is 4. The van der Waals surface area contributed by atoms with Gasteiger partial charge in [0.05, 0.1) is 17.8 Å². The van der Waals surface area contributed by atoms with Crippen molar-refractivity contribution >= 4 is 17.4 Å². The molecule has 0 aliphatic rings. The Morgan fingerprint density at radius 3 is 2.70 bits per heavy atom. The minimum atomic E-state index is 0.591. The van der Waals surface area contributed by atoms with E-state index in [9.17, 15) is 0 Å². The van der Waals surface area contributed by atoms with Gasteiger partial charge >= 0.3 is 0 Å². The third-order valence-corrected chi connectivity index (χ3v) is 3.26. The summed E-state index contributed by atoms with van der Waals surface area (Å²) in [4.78, 5) is 9.04. The summed E-state index contributed by atoms with van der Waals surface area (Å²) in [5.74, 6) is 2.29. The Bertz CT molecular complexity index is 602. The number of rotatable bonds is 5. The number of aryl methyl sites for hydroxylation is 1. The van der Waals surface area contributed by atoms with Gasteiger partial charge in [0.15, 0.2) is 0 Å². The molecule has 5 heteroatoms. The maximum atomic E-state index is 6.05. The van der Waals surface area contributed by atoms with Crippen LogP contribution < -0.4 is 10.1 Å². The summed E-state index contributed by atoms with van der Waals surface area (Å²) in [5.41, 5.74) is 1.82. The summed E-state index contributed by atoms with van der Waals surface area (Å²) in [7, 11) is 3.46. The number of methoxy groups -OCH3 is 1. The Morgan fingerprint density at radius 1 is 1.25 bits per heavy atom. The molecule has 1 N–H and O–H groups in total. The molecule has 0 spiro atoms. The molecule has 0 radical (unpaired) electrons. The molecule has 0 amide bonds. The van der Waals surface area contributed by atoms with E-state index in [2.05, 4.69) is 22.2 Å². The second-order valence-corrected chi connectivity index (χ2v) is 4.81. The molecule has 0 saturated heterocycles. The van der Waals surface area contributed by atoms with Crippen LogP contribution >= 0.6 is 11.6 Å². The van der Waals surface area contributed by atoms with Crippen LogP contribution in [0.15, 0.2) is 24.3 Å². The molecule has 2 aromatic rings. The topological polar surface area (TPSA) is 47.0 Å². The van der Waals surface area contributed by atoms with Gasteiger partial charge in [-0.3, -0.25) is 0 Å². The molecule has 1 aromatic heterocycles. The first-order valence-electron chi connectivity index (χ1n) is 6.57. The Kier molecular flexibility index (Phi) is 4.79. The number of nitrogens with zero attached hydrogens (tertiary/aromatic N) is 2. The van der Waals surface area contributed by atoms with Crippen LogP contribution in [0.3, 0.4) is 0 Å². The first-order valence-corrected chi connectivity index (χ1v) is 6.95. The predicted molar refractivity (Wildman–Crippen MR) is 82.6 cm³/mol. The van der Waals surface area contributed by atoms with Crippen LogP contribution in [0.4, 0.5) is 5.82 Å². The molecule has 0 fully saturated rings. The average Bonchev–Trinajstić information content (AvgIpc) is 2.47. The second kappa shape index (κ2) is 6.57. The van der Waals surface area contributed by atoms with Crippen molar-refractivity contribution in [1.82, 2.24) is 9.97 Å². The van der Waals surface area contributed by atoms with E-state index < -0.39 is 0 Å². The second-order valence-electron chi connectivity index (χ2n) is 4.40. The Hall–Kier alpha value is -1.81. The first-order chi connectivity index (χ1) is 9.67. The minimum absolute atomic E-state index is 0.591. The van der Waals surface area contributed by atoms with Gasteiger partial charge in [-0.25, -0.2) is 9.97 Å². The van der Waals surface area contributed by atoms with E-state index in [1.54, 1.807) is 7.11 Å². The highest BCUT2D eigenvalue weighted by atomic mass is 35.5. The number of anilines is 1. The van der Waals surface area contributed by atoms with Gasteiger partial charge in [-0.1, -0.05) is 24.6 Å². The van der Waals surface area contributed by atoms with Crippen LogP contribution in [0.2, 0.25) is 5.02 Å². The molecule has 4 nitrogen and oxygen atoms in total. The molecular formula is C15H18ClN3O. The van der Waals surface area contributed by atoms with Crippen LogP contribution in [-0.4, -0.2) is 24.1 Å². The van der Waals surface area contributed by atoms with Gasteiger partial charge in [-0.05, 0) is 18.6 Å². The van der Waals surface area contributed by atoms with Crippen LogP contribution in [0.5, 0.6) is 5.75 Å². The summed E-state index contributed by atoms with van der Waals surface area (Å²) in [6, 6.07) is 7.56. The molecule has 0 aliphatic carbocycles. The fourth-order valence-electron chi connectivity index (χ4n) is 1.93. The van der Waals surface area contributed by atoms with Crippen molar-refractivity contribution in [1.29, 1.82) is 0 Å². The van der Waals surface area contributed by atoms with Crippen LogP contribution in [0.25, 0.3) is 11.3 Å². The van der Waals surface area contributed by atoms with Crippen molar-refractivity contribution in [2.24, 2.45) is 0 Å². The number of halogens is 1. The number of aromatic nitrogens is 2. The molecule has 0 bridgehead atoms. The largest absolute Gasteiger partial charge is 0.495 e. The third-order valence-electron chi connectivity index (χ3n) is 2.95. The monoisotopic (exact) mass is 291 g/mol. The van der Waals surface area contributed by atoms with Crippen LogP contribution in [0, 0.1) is 0 Å². The van der Waals surface area contributed by atoms with Crippen molar-refractivity contribution in [2.75, 3.05) is 19.5 Å². The summed E-state index contributed by atoms with van der Waals surface area (Å²) >= 11 is 6.05. The van der Waals surface area contributed by atoms with Crippen molar-refractivity contribution in [3.8, 4) is 17.0 Å². The number of hydrogen-bond donors (Lipinski definition) is 1. The molecule has 106 valence electrons. The smallest absolute Gasteiger partial charge is 0.138 e. The van der Waals surface area contributed by atoms with Crippen molar-refractivity contribution in [2.45, 2.75) is 19.8 Å². The molecular weight excluding hydrogens is 274 g/mol. The van der Waals surface area contributed by atoms with E-state index in [0.717, 1.165) is 35.7 Å². The Balaban J connectivity index is 2.47. The van der Waals surface area contributed by atoms with E-state index in [1.807, 2.05) is 31.3 Å². The lowest BCUT2D eigenvalue weighted by atomic mass is 10.1. The van der Waals surface area contributed by atoms with Crippen LogP contribution in [0.1, 0.15) is 19.2 Å². The number of nitrogens with one attached hydrogen (secondary N) is 1. The van der Waals surface area contributed by atoms with E-state index in [-0.39, 0.29) is 0 Å². The molecule has 0 unspecified atom stereocenters. The highest BCUT2D eigenvalue weighted by Gasteiger charge is 2.08. The molecule has 1 aromatic carbocycles. The highest BCUT2D eigenvalue weighted by Crippen LogP contribution is 2.30. The standard InChI is InChI=1S/C15H18ClN3O/c1-4-5-14-18-12(9-15(17-2)19-14)10-6-7-11(16)13(8-10)20-3/h6-9H,4-5H2,1-3H3,(H,17,18,19).